The van der Waals surface area contributed by atoms with Gasteiger partial charge in [-0.2, -0.15) is 0 Å². The lowest BCUT2D eigenvalue weighted by molar-refractivity contribution is 0.600. The number of halogens is 4. The van der Waals surface area contributed by atoms with Crippen LogP contribution in [0.1, 0.15) is 5.56 Å². The molecule has 0 unspecified atom stereocenters. The predicted molar refractivity (Wildman–Crippen MR) is 102 cm³/mol. The monoisotopic (exact) mass is 563 g/mol. The van der Waals surface area contributed by atoms with Crippen LogP contribution in [0.15, 0.2) is 44.2 Å². The molecular weight excluding hydrogens is 556 g/mol. The fraction of sp³-hybridized carbons (Fsp3) is 0.0769. The number of benzene rings is 2. The second-order valence-electron chi connectivity index (χ2n) is 4.26. The number of hydrogen-bond acceptors (Lipinski definition) is 2. The zero-order chi connectivity index (χ0) is 15.8. The van der Waals surface area contributed by atoms with Crippen LogP contribution in [-0.2, 0) is 10.0 Å². The Morgan fingerprint density at radius 2 is 1.81 bits per heavy atom. The van der Waals surface area contributed by atoms with E-state index in [0.717, 1.165) is 13.6 Å². The van der Waals surface area contributed by atoms with Crippen molar-refractivity contribution in [3.63, 3.8) is 0 Å². The van der Waals surface area contributed by atoms with Crippen LogP contribution in [0.25, 0.3) is 0 Å². The molecule has 2 aromatic carbocycles. The summed E-state index contributed by atoms with van der Waals surface area (Å²) in [6, 6.07) is 8.30. The molecule has 0 spiro atoms. The Kier molecular flexibility index (Phi) is 5.62. The van der Waals surface area contributed by atoms with Crippen LogP contribution in [0, 0.1) is 10.5 Å². The lowest BCUT2D eigenvalue weighted by Gasteiger charge is -2.12. The second kappa shape index (κ2) is 6.74. The molecule has 1 N–H and O–H groups in total. The van der Waals surface area contributed by atoms with Crippen molar-refractivity contribution >= 4 is 81.8 Å². The largest absolute Gasteiger partial charge is 0.279 e. The van der Waals surface area contributed by atoms with Crippen LogP contribution in [0.4, 0.5) is 5.69 Å². The summed E-state index contributed by atoms with van der Waals surface area (Å²) in [5.74, 6) is 0. The van der Waals surface area contributed by atoms with Gasteiger partial charge in [0.05, 0.1) is 5.69 Å². The highest BCUT2D eigenvalue weighted by Crippen LogP contribution is 2.31. The lowest BCUT2D eigenvalue weighted by atomic mass is 10.2. The molecule has 0 saturated carbocycles. The second-order valence-corrected chi connectivity index (χ2v) is 9.22. The van der Waals surface area contributed by atoms with Gasteiger partial charge in [0.1, 0.15) is 4.90 Å². The Bertz CT molecular complexity index is 812. The van der Waals surface area contributed by atoms with Gasteiger partial charge in [-0.1, -0.05) is 27.5 Å². The minimum absolute atomic E-state index is 0.172. The Labute approximate surface area is 158 Å². The molecule has 0 bridgehead atoms. The zero-order valence-corrected chi connectivity index (χ0v) is 17.5. The predicted octanol–water partition coefficient (Wildman–Crippen LogP) is 5.58. The molecule has 0 atom stereocenters. The van der Waals surface area contributed by atoms with Gasteiger partial charge in [0.25, 0.3) is 10.0 Å². The van der Waals surface area contributed by atoms with E-state index < -0.39 is 10.0 Å². The number of nitrogens with one attached hydrogen (secondary N) is 1. The van der Waals surface area contributed by atoms with Crippen molar-refractivity contribution in [3.05, 3.63) is 53.4 Å². The summed E-state index contributed by atoms with van der Waals surface area (Å²) in [6.45, 7) is 1.89. The normalized spacial score (nSPS) is 11.5. The van der Waals surface area contributed by atoms with Crippen molar-refractivity contribution in [1.29, 1.82) is 0 Å². The summed E-state index contributed by atoms with van der Waals surface area (Å²) >= 11 is 14.6. The Morgan fingerprint density at radius 3 is 2.43 bits per heavy atom. The van der Waals surface area contributed by atoms with E-state index in [4.69, 9.17) is 11.6 Å². The molecule has 0 heterocycles. The van der Waals surface area contributed by atoms with E-state index in [9.17, 15) is 8.42 Å². The van der Waals surface area contributed by atoms with Crippen molar-refractivity contribution in [1.82, 2.24) is 0 Å². The molecule has 0 aromatic heterocycles. The van der Waals surface area contributed by atoms with Crippen LogP contribution in [-0.4, -0.2) is 8.42 Å². The molecule has 0 saturated heterocycles. The summed E-state index contributed by atoms with van der Waals surface area (Å²) in [7, 11) is -3.69. The average Bonchev–Trinajstić information content (AvgIpc) is 2.37. The molecule has 2 rings (SSSR count). The van der Waals surface area contributed by atoms with Gasteiger partial charge in [-0.3, -0.25) is 4.72 Å². The van der Waals surface area contributed by atoms with E-state index in [1.165, 1.54) is 0 Å². The summed E-state index contributed by atoms with van der Waals surface area (Å²) in [5.41, 5.74) is 1.44. The van der Waals surface area contributed by atoms with E-state index in [1.807, 2.05) is 29.5 Å². The SMILES string of the molecule is Cc1cc(Br)c(S(=O)(=O)Nc2ccc(Cl)cc2I)cc1Br. The molecule has 21 heavy (non-hydrogen) atoms. The number of anilines is 1. The third kappa shape index (κ3) is 4.13. The van der Waals surface area contributed by atoms with Crippen molar-refractivity contribution in [2.24, 2.45) is 0 Å². The maximum Gasteiger partial charge on any atom is 0.263 e. The van der Waals surface area contributed by atoms with Crippen molar-refractivity contribution < 1.29 is 8.42 Å². The summed E-state index contributed by atoms with van der Waals surface area (Å²) in [4.78, 5) is 0.172. The van der Waals surface area contributed by atoms with Gasteiger partial charge < -0.3 is 0 Å². The van der Waals surface area contributed by atoms with Gasteiger partial charge in [0.2, 0.25) is 0 Å². The van der Waals surface area contributed by atoms with Crippen LogP contribution >= 0.6 is 66.1 Å². The van der Waals surface area contributed by atoms with Crippen LogP contribution in [0.3, 0.4) is 0 Å². The van der Waals surface area contributed by atoms with Gasteiger partial charge in [-0.15, -0.1) is 0 Å². The highest BCUT2D eigenvalue weighted by atomic mass is 127. The number of sulfonamides is 1. The van der Waals surface area contributed by atoms with Gasteiger partial charge in [-0.05, 0) is 81.3 Å². The molecule has 0 aliphatic heterocycles. The Balaban J connectivity index is 2.46. The molecule has 112 valence electrons. The standard InChI is InChI=1S/C13H9Br2ClINO2S/c1-7-4-10(15)13(6-9(7)14)21(19,20)18-12-3-2-8(16)5-11(12)17/h2-6,18H,1H3. The average molecular weight is 565 g/mol. The fourth-order valence-corrected chi connectivity index (χ4v) is 5.55. The minimum atomic E-state index is -3.69. The summed E-state index contributed by atoms with van der Waals surface area (Å²) < 4.78 is 29.6. The maximum absolute atomic E-state index is 12.5. The van der Waals surface area contributed by atoms with E-state index in [2.05, 4.69) is 36.6 Å². The molecular formula is C13H9Br2ClINO2S. The molecule has 2 aromatic rings. The highest BCUT2D eigenvalue weighted by Gasteiger charge is 2.20. The maximum atomic E-state index is 12.5. The molecule has 0 fully saturated rings. The quantitative estimate of drug-likeness (QED) is 0.495. The van der Waals surface area contributed by atoms with Crippen LogP contribution < -0.4 is 4.72 Å². The van der Waals surface area contributed by atoms with Gasteiger partial charge in [0, 0.05) is 17.5 Å². The smallest absolute Gasteiger partial charge is 0.263 e. The first-order valence-electron chi connectivity index (χ1n) is 5.64. The number of rotatable bonds is 3. The molecule has 3 nitrogen and oxygen atoms in total. The fourth-order valence-electron chi connectivity index (χ4n) is 1.61. The molecule has 0 radical (unpaired) electrons. The van der Waals surface area contributed by atoms with E-state index in [1.54, 1.807) is 30.3 Å². The van der Waals surface area contributed by atoms with Crippen LogP contribution in [0.2, 0.25) is 5.02 Å². The van der Waals surface area contributed by atoms with Crippen molar-refractivity contribution in [2.45, 2.75) is 11.8 Å². The highest BCUT2D eigenvalue weighted by molar-refractivity contribution is 14.1. The minimum Gasteiger partial charge on any atom is -0.279 e. The third-order valence-electron chi connectivity index (χ3n) is 2.68. The summed E-state index contributed by atoms with van der Waals surface area (Å²) in [5, 5.41) is 0.557. The number of aryl methyl sites for hydroxylation is 1. The lowest BCUT2D eigenvalue weighted by Crippen LogP contribution is -2.14. The molecule has 8 heteroatoms. The van der Waals surface area contributed by atoms with E-state index in [0.29, 0.717) is 15.2 Å². The third-order valence-corrected chi connectivity index (χ3v) is 6.98. The van der Waals surface area contributed by atoms with Crippen molar-refractivity contribution in [3.8, 4) is 0 Å². The molecule has 0 amide bonds. The zero-order valence-electron chi connectivity index (χ0n) is 10.6. The molecule has 0 aliphatic carbocycles. The van der Waals surface area contributed by atoms with Crippen molar-refractivity contribution in [2.75, 3.05) is 4.72 Å². The van der Waals surface area contributed by atoms with Crippen LogP contribution in [0.5, 0.6) is 0 Å². The first-order valence-corrected chi connectivity index (χ1v) is 10.2. The number of hydrogen-bond donors (Lipinski definition) is 1. The Hall–Kier alpha value is 0.170. The first kappa shape index (κ1) is 17.5. The van der Waals surface area contributed by atoms with Gasteiger partial charge in [0.15, 0.2) is 0 Å². The topological polar surface area (TPSA) is 46.2 Å². The van der Waals surface area contributed by atoms with Gasteiger partial charge >= 0.3 is 0 Å². The summed E-state index contributed by atoms with van der Waals surface area (Å²) in [6.07, 6.45) is 0. The van der Waals surface area contributed by atoms with E-state index >= 15 is 0 Å². The van der Waals surface area contributed by atoms with Gasteiger partial charge in [-0.25, -0.2) is 8.42 Å². The Morgan fingerprint density at radius 1 is 1.14 bits per heavy atom. The first-order chi connectivity index (χ1) is 9.70. The van der Waals surface area contributed by atoms with E-state index in [-0.39, 0.29) is 4.90 Å². The molecule has 0 aliphatic rings.